The fourth-order valence-corrected chi connectivity index (χ4v) is 0.312. The van der Waals surface area contributed by atoms with Crippen molar-refractivity contribution < 1.29 is 26.2 Å². The van der Waals surface area contributed by atoms with Crippen molar-refractivity contribution >= 4 is 0 Å². The fraction of sp³-hybridized carbons (Fsp3) is 0. The SMILES string of the molecule is [CH3-].[CH3-].[C]1[C][C][C][C]1.[C]1[C][C][C][C]1.[Zr+2]. The molecule has 0 amide bonds. The summed E-state index contributed by atoms with van der Waals surface area (Å²) in [5, 5.41) is 0. The van der Waals surface area contributed by atoms with Crippen molar-refractivity contribution in [3.05, 3.63) is 79.1 Å². The molecule has 0 unspecified atom stereocenters. The van der Waals surface area contributed by atoms with E-state index in [0.29, 0.717) is 0 Å². The summed E-state index contributed by atoms with van der Waals surface area (Å²) in [6.45, 7) is 0. The van der Waals surface area contributed by atoms with E-state index in [4.69, 9.17) is 0 Å². The molecule has 2 fully saturated rings. The summed E-state index contributed by atoms with van der Waals surface area (Å²) in [4.78, 5) is 0. The second kappa shape index (κ2) is 15.4. The predicted octanol–water partition coefficient (Wildman–Crippen LogP) is 1.71. The largest absolute Gasteiger partial charge is 2.00 e. The van der Waals surface area contributed by atoms with Crippen LogP contribution in [0.15, 0.2) is 0 Å². The Labute approximate surface area is 105 Å². The molecule has 0 spiro atoms. The van der Waals surface area contributed by atoms with Crippen molar-refractivity contribution in [1.82, 2.24) is 0 Å². The van der Waals surface area contributed by atoms with Gasteiger partial charge in [-0.05, 0) is 0 Å². The predicted molar refractivity (Wildman–Crippen MR) is 45.3 cm³/mol. The molecule has 0 aliphatic heterocycles. The van der Waals surface area contributed by atoms with Gasteiger partial charge in [-0.25, -0.2) is 0 Å². The summed E-state index contributed by atoms with van der Waals surface area (Å²) in [6, 6.07) is 0. The molecule has 0 nitrogen and oxygen atoms in total. The second-order valence-corrected chi connectivity index (χ2v) is 1.25. The van der Waals surface area contributed by atoms with Crippen LogP contribution in [0.4, 0.5) is 0 Å². The van der Waals surface area contributed by atoms with Crippen LogP contribution in [0.2, 0.25) is 0 Å². The van der Waals surface area contributed by atoms with Crippen molar-refractivity contribution in [2.75, 3.05) is 0 Å². The first kappa shape index (κ1) is 19.5. The van der Waals surface area contributed by atoms with Crippen LogP contribution in [0, 0.1) is 79.1 Å². The van der Waals surface area contributed by atoms with Crippen molar-refractivity contribution in [2.45, 2.75) is 0 Å². The Kier molecular flexibility index (Phi) is 23.0. The Hall–Kier alpha value is 0.883. The second-order valence-electron chi connectivity index (χ2n) is 1.25. The van der Waals surface area contributed by atoms with Crippen molar-refractivity contribution in [2.24, 2.45) is 0 Å². The number of hydrogen-bond acceptors (Lipinski definition) is 0. The van der Waals surface area contributed by atoms with Gasteiger partial charge in [-0.3, -0.25) is 0 Å². The Balaban J connectivity index is -0.000000125. The van der Waals surface area contributed by atoms with E-state index in [9.17, 15) is 0 Å². The van der Waals surface area contributed by atoms with Crippen LogP contribution in [0.5, 0.6) is 0 Å². The molecule has 13 heavy (non-hydrogen) atoms. The molecule has 1 heteroatoms. The Morgan fingerprint density at radius 1 is 0.308 bits per heavy atom. The number of hydrogen-bond donors (Lipinski definition) is 0. The van der Waals surface area contributed by atoms with Gasteiger partial charge >= 0.3 is 26.2 Å². The average molecular weight is 241 g/mol. The minimum absolute atomic E-state index is 0. The maximum atomic E-state index is 2.50. The van der Waals surface area contributed by atoms with E-state index in [1.807, 2.05) is 0 Å². The van der Waals surface area contributed by atoms with Crippen molar-refractivity contribution in [3.63, 3.8) is 0 Å². The van der Waals surface area contributed by atoms with Crippen molar-refractivity contribution in [3.8, 4) is 0 Å². The van der Waals surface area contributed by atoms with Crippen LogP contribution >= 0.6 is 0 Å². The number of rotatable bonds is 0. The Bertz CT molecular complexity index is 38.3. The van der Waals surface area contributed by atoms with E-state index < -0.39 is 0 Å². The molecule has 0 heterocycles. The van der Waals surface area contributed by atoms with Crippen LogP contribution in [-0.4, -0.2) is 0 Å². The first-order chi connectivity index (χ1) is 5.00. The van der Waals surface area contributed by atoms with Gasteiger partial charge in [0.15, 0.2) is 0 Å². The summed E-state index contributed by atoms with van der Waals surface area (Å²) in [5.41, 5.74) is 0. The van der Waals surface area contributed by atoms with E-state index >= 15 is 0 Å². The zero-order chi connectivity index (χ0) is 7.07. The standard InChI is InChI=1S/2C5.2CH3.Zr/c2*1-2-4-5-3-1;;;/h;;2*1H3;/q;;2*-1;+2. The first-order valence-electron chi connectivity index (χ1n) is 2.50. The van der Waals surface area contributed by atoms with Gasteiger partial charge in [0.1, 0.15) is 0 Å². The molecular formula is C12H6Zr. The summed E-state index contributed by atoms with van der Waals surface area (Å²) in [5.74, 6) is 0. The van der Waals surface area contributed by atoms with E-state index in [2.05, 4.69) is 64.2 Å². The van der Waals surface area contributed by atoms with Gasteiger partial charge in [-0.1, -0.05) is 0 Å². The Morgan fingerprint density at radius 2 is 0.385 bits per heavy atom. The molecule has 2 aliphatic rings. The molecule has 0 aromatic heterocycles. The molecular weight excluding hydrogens is 235 g/mol. The smallest absolute Gasteiger partial charge is 0.358 e. The van der Waals surface area contributed by atoms with Gasteiger partial charge in [0.2, 0.25) is 0 Å². The van der Waals surface area contributed by atoms with Gasteiger partial charge in [-0.15, -0.1) is 0 Å². The van der Waals surface area contributed by atoms with E-state index in [1.54, 1.807) is 0 Å². The normalized spacial score (nSPS) is 18.5. The zero-order valence-corrected chi connectivity index (χ0v) is 9.96. The van der Waals surface area contributed by atoms with E-state index in [1.165, 1.54) is 0 Å². The minimum Gasteiger partial charge on any atom is -0.358 e. The average Bonchev–Trinajstić information content (AvgIpc) is 2.67. The van der Waals surface area contributed by atoms with E-state index in [-0.39, 0.29) is 41.1 Å². The molecule has 0 aromatic carbocycles. The minimum atomic E-state index is 0. The van der Waals surface area contributed by atoms with Crippen LogP contribution in [0.1, 0.15) is 0 Å². The molecule has 2 aliphatic carbocycles. The van der Waals surface area contributed by atoms with Gasteiger partial charge in [0, 0.05) is 64.2 Å². The monoisotopic (exact) mass is 240 g/mol. The maximum Gasteiger partial charge on any atom is 2.00 e. The van der Waals surface area contributed by atoms with Crippen LogP contribution in [-0.2, 0) is 26.2 Å². The summed E-state index contributed by atoms with van der Waals surface area (Å²) in [6.07, 6.45) is 25.0. The van der Waals surface area contributed by atoms with Gasteiger partial charge in [-0.2, -0.15) is 0 Å². The van der Waals surface area contributed by atoms with Gasteiger partial charge in [0.25, 0.3) is 0 Å². The zero-order valence-electron chi connectivity index (χ0n) is 7.50. The summed E-state index contributed by atoms with van der Waals surface area (Å²) < 4.78 is 0. The van der Waals surface area contributed by atoms with Crippen molar-refractivity contribution in [1.29, 1.82) is 0 Å². The van der Waals surface area contributed by atoms with Gasteiger partial charge in [0.05, 0.1) is 0 Å². The molecule has 0 aromatic rings. The fourth-order valence-electron chi connectivity index (χ4n) is 0.312. The third kappa shape index (κ3) is 12.9. The molecule has 0 bridgehead atoms. The first-order valence-corrected chi connectivity index (χ1v) is 2.50. The molecule has 20 radical (unpaired) electrons. The summed E-state index contributed by atoms with van der Waals surface area (Å²) in [7, 11) is 0. The molecule has 0 saturated heterocycles. The van der Waals surface area contributed by atoms with Crippen LogP contribution in [0.25, 0.3) is 0 Å². The van der Waals surface area contributed by atoms with Gasteiger partial charge < -0.3 is 14.9 Å². The molecule has 2 rings (SSSR count). The molecule has 0 N–H and O–H groups in total. The summed E-state index contributed by atoms with van der Waals surface area (Å²) >= 11 is 0. The molecule has 58 valence electrons. The maximum absolute atomic E-state index is 2.50. The topological polar surface area (TPSA) is 0 Å². The third-order valence-corrected chi connectivity index (χ3v) is 0.625. The van der Waals surface area contributed by atoms with E-state index in [0.717, 1.165) is 0 Å². The molecule has 0 atom stereocenters. The quantitative estimate of drug-likeness (QED) is 0.566. The van der Waals surface area contributed by atoms with Crippen LogP contribution < -0.4 is 0 Å². The Morgan fingerprint density at radius 3 is 0.462 bits per heavy atom. The molecule has 2 saturated carbocycles. The van der Waals surface area contributed by atoms with Crippen LogP contribution in [0.3, 0.4) is 0 Å². The third-order valence-electron chi connectivity index (χ3n) is 0.625.